The molecule has 2 nitrogen and oxygen atoms in total. The Morgan fingerprint density at radius 2 is 2.11 bits per heavy atom. The monoisotopic (exact) mass is 270 g/mol. The van der Waals surface area contributed by atoms with Gasteiger partial charge < -0.3 is 5.32 Å². The molecule has 0 fully saturated rings. The Hall–Kier alpha value is -1.87. The summed E-state index contributed by atoms with van der Waals surface area (Å²) >= 11 is 1.64. The first kappa shape index (κ1) is 13.6. The number of benzene rings is 1. The van der Waals surface area contributed by atoms with E-state index in [2.05, 4.69) is 55.0 Å². The summed E-state index contributed by atoms with van der Waals surface area (Å²) in [6.07, 6.45) is 3.81. The van der Waals surface area contributed by atoms with E-state index in [1.165, 1.54) is 16.7 Å². The van der Waals surface area contributed by atoms with E-state index in [1.54, 1.807) is 11.3 Å². The topological polar surface area (TPSA) is 24.9 Å². The fourth-order valence-electron chi connectivity index (χ4n) is 2.09. The minimum Gasteiger partial charge on any atom is -0.365 e. The summed E-state index contributed by atoms with van der Waals surface area (Å²) in [4.78, 5) is 5.47. The van der Waals surface area contributed by atoms with Gasteiger partial charge in [0.15, 0.2) is 5.13 Å². The van der Waals surface area contributed by atoms with Crippen molar-refractivity contribution in [1.29, 1.82) is 0 Å². The van der Waals surface area contributed by atoms with Gasteiger partial charge in [-0.1, -0.05) is 48.3 Å². The zero-order valence-electron chi connectivity index (χ0n) is 11.5. The van der Waals surface area contributed by atoms with E-state index in [4.69, 9.17) is 0 Å². The van der Waals surface area contributed by atoms with Gasteiger partial charge >= 0.3 is 0 Å². The molecule has 0 radical (unpaired) electrons. The van der Waals surface area contributed by atoms with Gasteiger partial charge in [0.05, 0.1) is 4.88 Å². The maximum absolute atomic E-state index is 4.33. The van der Waals surface area contributed by atoms with Crippen LogP contribution in [-0.4, -0.2) is 12.0 Å². The molecule has 0 saturated heterocycles. The average molecular weight is 270 g/mol. The average Bonchev–Trinajstić information content (AvgIpc) is 2.88. The molecule has 98 valence electrons. The summed E-state index contributed by atoms with van der Waals surface area (Å²) in [6.45, 7) is 8.22. The van der Waals surface area contributed by atoms with Gasteiger partial charge in [0.2, 0.25) is 0 Å². The molecule has 0 spiro atoms. The first-order valence-electron chi connectivity index (χ1n) is 6.20. The summed E-state index contributed by atoms with van der Waals surface area (Å²) in [5.74, 6) is 0. The molecule has 1 N–H and O–H groups in total. The van der Waals surface area contributed by atoms with Gasteiger partial charge in [0.1, 0.15) is 0 Å². The second kappa shape index (κ2) is 5.85. The first-order chi connectivity index (χ1) is 9.17. The minimum absolute atomic E-state index is 0.923. The molecule has 2 aromatic rings. The Balaban J connectivity index is 2.53. The lowest BCUT2D eigenvalue weighted by atomic mass is 9.97. The normalized spacial score (nSPS) is 11.9. The Labute approximate surface area is 118 Å². The predicted molar refractivity (Wildman–Crippen MR) is 85.5 cm³/mol. The third-order valence-electron chi connectivity index (χ3n) is 3.14. The van der Waals surface area contributed by atoms with Crippen molar-refractivity contribution in [3.05, 3.63) is 59.1 Å². The highest BCUT2D eigenvalue weighted by molar-refractivity contribution is 7.16. The standard InChI is InChI=1S/C16H18N2S/c1-5-13(15-10-18-16(17-4)19-15)12(3)14-9-7-6-8-11(14)2/h5-10H,1H2,2-4H3,(H,17,18)/b13-12-. The molecule has 0 aliphatic heterocycles. The van der Waals surface area contributed by atoms with Crippen molar-refractivity contribution < 1.29 is 0 Å². The number of anilines is 1. The third kappa shape index (κ3) is 2.76. The Bertz CT molecular complexity index is 623. The van der Waals surface area contributed by atoms with Crippen molar-refractivity contribution in [2.75, 3.05) is 12.4 Å². The molecule has 0 saturated carbocycles. The number of hydrogen-bond acceptors (Lipinski definition) is 3. The van der Waals surface area contributed by atoms with Gasteiger partial charge in [-0.15, -0.1) is 0 Å². The van der Waals surface area contributed by atoms with Crippen LogP contribution in [0, 0.1) is 6.92 Å². The quantitative estimate of drug-likeness (QED) is 0.821. The molecule has 1 aromatic carbocycles. The van der Waals surface area contributed by atoms with Crippen LogP contribution in [0.3, 0.4) is 0 Å². The lowest BCUT2D eigenvalue weighted by Gasteiger charge is -2.09. The van der Waals surface area contributed by atoms with Crippen LogP contribution in [0.25, 0.3) is 11.1 Å². The summed E-state index contributed by atoms with van der Waals surface area (Å²) in [6, 6.07) is 8.41. The molecule has 0 unspecified atom stereocenters. The summed E-state index contributed by atoms with van der Waals surface area (Å²) in [7, 11) is 1.88. The van der Waals surface area contributed by atoms with Crippen LogP contribution < -0.4 is 5.32 Å². The highest BCUT2D eigenvalue weighted by atomic mass is 32.1. The van der Waals surface area contributed by atoms with Gasteiger partial charge in [-0.25, -0.2) is 4.98 Å². The van der Waals surface area contributed by atoms with Crippen molar-refractivity contribution in [3.63, 3.8) is 0 Å². The largest absolute Gasteiger partial charge is 0.365 e. The van der Waals surface area contributed by atoms with E-state index < -0.39 is 0 Å². The fraction of sp³-hybridized carbons (Fsp3) is 0.188. The number of rotatable bonds is 4. The molecular formula is C16H18N2S. The van der Waals surface area contributed by atoms with E-state index in [0.29, 0.717) is 0 Å². The molecule has 19 heavy (non-hydrogen) atoms. The van der Waals surface area contributed by atoms with Crippen LogP contribution in [0.4, 0.5) is 5.13 Å². The summed E-state index contributed by atoms with van der Waals surface area (Å²) in [5, 5.41) is 3.99. The number of aryl methyl sites for hydroxylation is 1. The van der Waals surface area contributed by atoms with Crippen LogP contribution in [0.15, 0.2) is 43.1 Å². The van der Waals surface area contributed by atoms with Gasteiger partial charge in [0, 0.05) is 13.2 Å². The lowest BCUT2D eigenvalue weighted by molar-refractivity contribution is 1.36. The number of nitrogens with one attached hydrogen (secondary N) is 1. The van der Waals surface area contributed by atoms with E-state index in [1.807, 2.05) is 19.3 Å². The molecule has 0 amide bonds. The minimum atomic E-state index is 0.923. The van der Waals surface area contributed by atoms with Crippen LogP contribution in [-0.2, 0) is 0 Å². The Morgan fingerprint density at radius 1 is 1.37 bits per heavy atom. The predicted octanol–water partition coefficient (Wildman–Crippen LogP) is 4.61. The number of thiazole rings is 1. The van der Waals surface area contributed by atoms with E-state index in [-0.39, 0.29) is 0 Å². The second-order valence-corrected chi connectivity index (χ2v) is 5.37. The van der Waals surface area contributed by atoms with E-state index in [0.717, 1.165) is 15.6 Å². The highest BCUT2D eigenvalue weighted by Crippen LogP contribution is 2.32. The SMILES string of the molecule is C=C/C(=C(\C)c1ccccc1C)c1cnc(NC)s1. The molecule has 1 aromatic heterocycles. The van der Waals surface area contributed by atoms with E-state index in [9.17, 15) is 0 Å². The molecule has 0 aliphatic rings. The number of aromatic nitrogens is 1. The number of hydrogen-bond donors (Lipinski definition) is 1. The maximum Gasteiger partial charge on any atom is 0.182 e. The molecule has 0 atom stereocenters. The zero-order valence-corrected chi connectivity index (χ0v) is 12.3. The van der Waals surface area contributed by atoms with Crippen molar-refractivity contribution in [3.8, 4) is 0 Å². The molecule has 0 bridgehead atoms. The molecular weight excluding hydrogens is 252 g/mol. The van der Waals surface area contributed by atoms with Gasteiger partial charge in [-0.05, 0) is 36.1 Å². The Kier molecular flexibility index (Phi) is 4.17. The zero-order chi connectivity index (χ0) is 13.8. The van der Waals surface area contributed by atoms with Crippen molar-refractivity contribution in [1.82, 2.24) is 4.98 Å². The van der Waals surface area contributed by atoms with Gasteiger partial charge in [-0.3, -0.25) is 0 Å². The highest BCUT2D eigenvalue weighted by Gasteiger charge is 2.09. The van der Waals surface area contributed by atoms with Gasteiger partial charge in [0.25, 0.3) is 0 Å². The van der Waals surface area contributed by atoms with Crippen molar-refractivity contribution in [2.45, 2.75) is 13.8 Å². The maximum atomic E-state index is 4.33. The van der Waals surface area contributed by atoms with Gasteiger partial charge in [-0.2, -0.15) is 0 Å². The molecule has 0 aliphatic carbocycles. The van der Waals surface area contributed by atoms with Crippen LogP contribution in [0.5, 0.6) is 0 Å². The summed E-state index contributed by atoms with van der Waals surface area (Å²) < 4.78 is 0. The second-order valence-electron chi connectivity index (χ2n) is 4.34. The van der Waals surface area contributed by atoms with Crippen molar-refractivity contribution in [2.24, 2.45) is 0 Å². The smallest absolute Gasteiger partial charge is 0.182 e. The van der Waals surface area contributed by atoms with Crippen LogP contribution >= 0.6 is 11.3 Å². The van der Waals surface area contributed by atoms with Crippen molar-refractivity contribution >= 4 is 27.6 Å². The summed E-state index contributed by atoms with van der Waals surface area (Å²) in [5.41, 5.74) is 4.92. The molecule has 2 rings (SSSR count). The van der Waals surface area contributed by atoms with Crippen LogP contribution in [0.2, 0.25) is 0 Å². The lowest BCUT2D eigenvalue weighted by Crippen LogP contribution is -1.88. The van der Waals surface area contributed by atoms with Crippen LogP contribution in [0.1, 0.15) is 22.9 Å². The number of allylic oxidation sites excluding steroid dienone is 3. The number of nitrogens with zero attached hydrogens (tertiary/aromatic N) is 1. The third-order valence-corrected chi connectivity index (χ3v) is 4.19. The van der Waals surface area contributed by atoms with E-state index >= 15 is 0 Å². The molecule has 1 heterocycles. The Morgan fingerprint density at radius 3 is 2.68 bits per heavy atom. The molecule has 3 heteroatoms. The first-order valence-corrected chi connectivity index (χ1v) is 7.02. The fourth-order valence-corrected chi connectivity index (χ4v) is 2.96.